The van der Waals surface area contributed by atoms with Crippen LogP contribution in [0.4, 0.5) is 5.69 Å². The zero-order chi connectivity index (χ0) is 77.7. The van der Waals surface area contributed by atoms with E-state index in [4.69, 9.17) is 49.1 Å². The number of pyridine rings is 2. The number of hydrogen-bond acceptors (Lipinski definition) is 33. The molecule has 1 aromatic carbocycles. The SMILES string of the molecule is CO/C(C)=C1/NC(=O)[C@H]([C@@H](C)O)NC(=O)c2csc(n2)-c2cc(O)c(-c3nc(C(=O)NC(CN4CCN(c5cccnc5)CC4)C(N)=O)cs3)nc2-c2csc(n2)[C@@H]2COC(=O)c3c4c5c(cccc5n3O)COC(=O)[C@@H](O[C@H]3C[C@](C)(O)[C@H](N(C)C)[C@H](C)O3)[C@@H](OC4)[C@H](NC(=O)c3csc1n3)c1nc(cs1)C(=O)N2. The third kappa shape index (κ3) is 15.5. The van der Waals surface area contributed by atoms with Crippen LogP contribution in [0.15, 0.2) is 81.5 Å². The van der Waals surface area contributed by atoms with Gasteiger partial charge < -0.3 is 91.1 Å². The Labute approximate surface area is 645 Å². The summed E-state index contributed by atoms with van der Waals surface area (Å²) in [7, 11) is 4.85. The lowest BCUT2D eigenvalue weighted by Crippen LogP contribution is -2.62. The van der Waals surface area contributed by atoms with E-state index in [1.165, 1.54) is 60.0 Å². The van der Waals surface area contributed by atoms with Gasteiger partial charge in [-0.1, -0.05) is 12.1 Å². The number of aliphatic hydroxyl groups excluding tert-OH is 1. The van der Waals surface area contributed by atoms with Gasteiger partial charge in [-0.3, -0.25) is 38.7 Å². The molecule has 12 bridgehead atoms. The van der Waals surface area contributed by atoms with Gasteiger partial charge in [0.15, 0.2) is 18.1 Å². The van der Waals surface area contributed by atoms with Crippen LogP contribution in [0, 0.1) is 0 Å². The van der Waals surface area contributed by atoms with Crippen LogP contribution in [0.25, 0.3) is 49.3 Å². The van der Waals surface area contributed by atoms with Crippen LogP contribution in [0.5, 0.6) is 5.75 Å². The number of nitrogens with zero attached hydrogens (tertiary/aromatic N) is 11. The normalized spacial score (nSPS) is 24.0. The second-order valence-corrected chi connectivity index (χ2v) is 31.3. The number of ether oxygens (including phenoxy) is 6. The molecule has 8 aromatic heterocycles. The molecular formula is C70H73N17O18S5. The molecule has 0 saturated carbocycles. The van der Waals surface area contributed by atoms with Crippen molar-refractivity contribution in [1.82, 2.24) is 76.0 Å². The second kappa shape index (κ2) is 31.5. The highest BCUT2D eigenvalue weighted by Gasteiger charge is 2.50. The van der Waals surface area contributed by atoms with Crippen LogP contribution >= 0.6 is 56.7 Å². The Bertz CT molecular complexity index is 5100. The van der Waals surface area contributed by atoms with Gasteiger partial charge in [0, 0.05) is 88.8 Å². The quantitative estimate of drug-likeness (QED) is 0.0470. The van der Waals surface area contributed by atoms with Crippen molar-refractivity contribution in [3.8, 4) is 38.4 Å². The lowest BCUT2D eigenvalue weighted by molar-refractivity contribution is -0.280. The summed E-state index contributed by atoms with van der Waals surface area (Å²) in [5.41, 5.74) is 4.06. The fourth-order valence-electron chi connectivity index (χ4n) is 13.9. The number of amides is 6. The molecule has 576 valence electrons. The van der Waals surface area contributed by atoms with E-state index in [0.29, 0.717) is 36.5 Å². The summed E-state index contributed by atoms with van der Waals surface area (Å²) in [5, 5.41) is 68.6. The van der Waals surface area contributed by atoms with E-state index < -0.39 is 145 Å². The third-order valence-corrected chi connectivity index (χ3v) is 23.7. The summed E-state index contributed by atoms with van der Waals surface area (Å²) in [4.78, 5) is 155. The molecule has 110 heavy (non-hydrogen) atoms. The number of nitrogens with one attached hydrogen (secondary N) is 5. The molecule has 2 saturated heterocycles. The molecule has 0 spiro atoms. The lowest BCUT2D eigenvalue weighted by Gasteiger charge is -2.48. The number of aliphatic hydroxyl groups is 2. The van der Waals surface area contributed by atoms with E-state index in [1.807, 2.05) is 17.0 Å². The van der Waals surface area contributed by atoms with Gasteiger partial charge in [-0.2, -0.15) is 4.73 Å². The number of allylic oxidation sites excluding steroid dienone is 1. The number of benzene rings is 1. The first-order valence-corrected chi connectivity index (χ1v) is 38.8. The van der Waals surface area contributed by atoms with Crippen molar-refractivity contribution >= 4 is 126 Å². The highest BCUT2D eigenvalue weighted by Crippen LogP contribution is 2.43. The van der Waals surface area contributed by atoms with E-state index in [0.717, 1.165) is 62.4 Å². The number of carbonyl (C=O) groups excluding carboxylic acids is 8. The molecule has 35 nitrogen and oxygen atoms in total. The minimum Gasteiger partial charge on any atom is -0.506 e. The van der Waals surface area contributed by atoms with Crippen molar-refractivity contribution in [3.63, 3.8) is 0 Å². The number of primary amides is 1. The molecule has 6 amide bonds. The molecule has 9 aromatic rings. The number of piperazine rings is 1. The van der Waals surface area contributed by atoms with Crippen LogP contribution in [0.3, 0.4) is 0 Å². The fourth-order valence-corrected chi connectivity index (χ4v) is 18.1. The van der Waals surface area contributed by atoms with Crippen molar-refractivity contribution in [2.45, 2.75) is 114 Å². The average Bonchev–Trinajstić information content (AvgIpc) is 1.59. The molecule has 40 heteroatoms. The number of aromatic nitrogens is 8. The smallest absolute Gasteiger partial charge is 0.358 e. The van der Waals surface area contributed by atoms with E-state index in [2.05, 4.69) is 51.4 Å². The average molecular weight is 1600 g/mol. The van der Waals surface area contributed by atoms with Crippen LogP contribution in [0.1, 0.15) is 125 Å². The molecule has 14 rings (SSSR count). The first-order valence-electron chi connectivity index (χ1n) is 34.4. The summed E-state index contributed by atoms with van der Waals surface area (Å²) >= 11 is 4.53. The first-order chi connectivity index (χ1) is 52.7. The number of aromatic hydroxyl groups is 1. The van der Waals surface area contributed by atoms with Gasteiger partial charge in [-0.15, -0.1) is 56.7 Å². The molecular weight excluding hydrogens is 1530 g/mol. The van der Waals surface area contributed by atoms with Gasteiger partial charge in [0.05, 0.1) is 55.0 Å². The zero-order valence-electron chi connectivity index (χ0n) is 59.7. The Balaban J connectivity index is 0.880. The minimum atomic E-state index is -1.92. The number of hydrogen-bond donors (Lipinski definition) is 10. The van der Waals surface area contributed by atoms with Crippen LogP contribution < -0.4 is 37.2 Å². The first kappa shape index (κ1) is 76.4. The second-order valence-electron chi connectivity index (χ2n) is 27.0. The molecule has 5 aliphatic rings. The Hall–Kier alpha value is -10.4. The number of nitrogens with two attached hydrogens (primary N) is 1. The van der Waals surface area contributed by atoms with Crippen molar-refractivity contribution in [2.75, 3.05) is 65.4 Å². The molecule has 0 radical (unpaired) electrons. The summed E-state index contributed by atoms with van der Waals surface area (Å²) in [6, 6.07) is 3.32. The highest BCUT2D eigenvalue weighted by molar-refractivity contribution is 7.14. The van der Waals surface area contributed by atoms with Crippen molar-refractivity contribution in [2.24, 2.45) is 5.73 Å². The molecule has 11 N–H and O–H groups in total. The van der Waals surface area contributed by atoms with E-state index >= 15 is 19.2 Å². The number of thiazole rings is 5. The number of methoxy groups -OCH3 is 1. The van der Waals surface area contributed by atoms with Gasteiger partial charge in [0.25, 0.3) is 23.6 Å². The zero-order valence-corrected chi connectivity index (χ0v) is 63.8. The van der Waals surface area contributed by atoms with Gasteiger partial charge in [0.1, 0.15) is 126 Å². The maximum atomic E-state index is 15.3. The van der Waals surface area contributed by atoms with Crippen molar-refractivity contribution in [3.05, 3.63) is 136 Å². The monoisotopic (exact) mass is 1600 g/mol. The molecule has 0 aliphatic carbocycles. The summed E-state index contributed by atoms with van der Waals surface area (Å²) in [6.45, 7) is 6.71. The predicted octanol–water partition coefficient (Wildman–Crippen LogP) is 3.96. The van der Waals surface area contributed by atoms with E-state index in [1.54, 1.807) is 57.4 Å². The predicted molar refractivity (Wildman–Crippen MR) is 398 cm³/mol. The topological polar surface area (TPSA) is 464 Å². The number of rotatable bonds is 12. The molecule has 5 aliphatic heterocycles. The standard InChI is InChI=1S/C70H73N17O18S5/c1-30(88)48-62(95)82-49(31(2)100-7)65-77-43(29-108-65)61(94)83-52-54-55(105-46-19-70(4,98)56(84(5)6)32(3)104-46)69(97)102-22-33-10-8-12-44-47(33)36(23-101-54)53(87(44)99)68(96)103-24-38(74-59(92)41-28-110-67(52)79-41)64-75-39(25-107-64)50-35(63-76-42(26-106-63)60(93)81-48)18-45(89)51(80-50)66-78-40(27-109-66)58(91)73-37(57(71)90)21-85-14-16-86(17-15-85)34-11-9-13-72-20-34/h8-13,18,20,25-30,32,37-38,46,48,52,54-56,88-89,98-99H,14-17,19,21-24H2,1-7H3,(H2,71,90)(H,73,91)(H,74,92)(H,81,93)(H,82,95)(H,83,94)/b49-31+/t30-,32+,37?,38+,46+,48+,52+,54+,55+,56-,70+/m1/s1. The number of fused-ring (bicyclic) bond motifs is 15. The highest BCUT2D eigenvalue weighted by atomic mass is 32.1. The Morgan fingerprint density at radius 3 is 2.24 bits per heavy atom. The Morgan fingerprint density at radius 2 is 1.52 bits per heavy atom. The largest absolute Gasteiger partial charge is 0.506 e. The number of likely N-dealkylation sites (N-methyl/N-ethyl adjacent to an activating group) is 1. The number of anilines is 1. The Kier molecular flexibility index (Phi) is 21.9. The van der Waals surface area contributed by atoms with Crippen molar-refractivity contribution in [1.29, 1.82) is 0 Å². The molecule has 1 unspecified atom stereocenters. The van der Waals surface area contributed by atoms with Gasteiger partial charge >= 0.3 is 11.9 Å². The van der Waals surface area contributed by atoms with Crippen LogP contribution in [-0.4, -0.2) is 232 Å². The van der Waals surface area contributed by atoms with Gasteiger partial charge in [-0.25, -0.2) is 39.5 Å². The van der Waals surface area contributed by atoms with Crippen LogP contribution in [0.2, 0.25) is 0 Å². The lowest BCUT2D eigenvalue weighted by atomic mass is 9.85. The maximum absolute atomic E-state index is 15.3. The van der Waals surface area contributed by atoms with Gasteiger partial charge in [-0.05, 0) is 71.6 Å². The van der Waals surface area contributed by atoms with E-state index in [9.17, 15) is 39.7 Å². The third-order valence-electron chi connectivity index (χ3n) is 19.2. The molecule has 11 atom stereocenters. The number of cyclic esters (lactones) is 2. The number of esters is 2. The maximum Gasteiger partial charge on any atom is 0.358 e. The van der Waals surface area contributed by atoms with Crippen LogP contribution in [-0.2, 0) is 56.0 Å². The summed E-state index contributed by atoms with van der Waals surface area (Å²) in [6.07, 6.45) is -4.13. The molecule has 2 fully saturated rings. The fraction of sp³-hybridized carbons (Fsp3) is 0.386. The summed E-state index contributed by atoms with van der Waals surface area (Å²) in [5.74, 6) is -7.94. The number of carbonyl (C=O) groups is 8. The van der Waals surface area contributed by atoms with Gasteiger partial charge in [0.2, 0.25) is 11.8 Å². The minimum absolute atomic E-state index is 0.0103. The Morgan fingerprint density at radius 1 is 0.827 bits per heavy atom. The van der Waals surface area contributed by atoms with Crippen molar-refractivity contribution < 1.29 is 87.3 Å². The molecule has 13 heterocycles. The van der Waals surface area contributed by atoms with E-state index in [-0.39, 0.29) is 111 Å². The summed E-state index contributed by atoms with van der Waals surface area (Å²) < 4.78 is 38.4.